The third kappa shape index (κ3) is 3.34. The first-order valence-electron chi connectivity index (χ1n) is 8.67. The maximum Gasteiger partial charge on any atom is 0.260 e. The summed E-state index contributed by atoms with van der Waals surface area (Å²) in [6, 6.07) is 11.8. The van der Waals surface area contributed by atoms with E-state index >= 15 is 0 Å². The highest BCUT2D eigenvalue weighted by atomic mass is 32.1. The zero-order chi connectivity index (χ0) is 18.1. The van der Waals surface area contributed by atoms with Crippen molar-refractivity contribution in [3.63, 3.8) is 0 Å². The van der Waals surface area contributed by atoms with Crippen molar-refractivity contribution in [2.75, 3.05) is 18.1 Å². The monoisotopic (exact) mass is 370 g/mol. The predicted molar refractivity (Wildman–Crippen MR) is 101 cm³/mol. The van der Waals surface area contributed by atoms with Crippen molar-refractivity contribution in [3.05, 3.63) is 59.4 Å². The molecule has 1 saturated heterocycles. The Hall–Kier alpha value is -2.31. The molecule has 1 amide bonds. The van der Waals surface area contributed by atoms with E-state index in [0.29, 0.717) is 23.8 Å². The molecule has 26 heavy (non-hydrogen) atoms. The van der Waals surface area contributed by atoms with Crippen LogP contribution in [0.4, 0.5) is 9.52 Å². The number of ether oxygens (including phenoxy) is 1. The Morgan fingerprint density at radius 2 is 2.19 bits per heavy atom. The second-order valence-corrected chi connectivity index (χ2v) is 7.49. The molecule has 0 radical (unpaired) electrons. The van der Waals surface area contributed by atoms with Gasteiger partial charge in [0.05, 0.1) is 22.9 Å². The summed E-state index contributed by atoms with van der Waals surface area (Å²) < 4.78 is 20.4. The predicted octanol–water partition coefficient (Wildman–Crippen LogP) is 4.57. The molecule has 1 aliphatic rings. The number of nitrogens with zero attached hydrogens (tertiary/aromatic N) is 2. The Bertz CT molecular complexity index is 950. The summed E-state index contributed by atoms with van der Waals surface area (Å²) in [6.45, 7) is 3.14. The Morgan fingerprint density at radius 3 is 2.92 bits per heavy atom. The van der Waals surface area contributed by atoms with E-state index in [2.05, 4.69) is 0 Å². The lowest BCUT2D eigenvalue weighted by molar-refractivity contribution is 0.0917. The highest BCUT2D eigenvalue weighted by Crippen LogP contribution is 2.32. The number of anilines is 1. The summed E-state index contributed by atoms with van der Waals surface area (Å²) in [5.74, 6) is -0.676. The van der Waals surface area contributed by atoms with Gasteiger partial charge < -0.3 is 4.74 Å². The summed E-state index contributed by atoms with van der Waals surface area (Å²) >= 11 is 1.47. The molecule has 6 heteroatoms. The van der Waals surface area contributed by atoms with Crippen LogP contribution in [0, 0.1) is 12.7 Å². The van der Waals surface area contributed by atoms with Gasteiger partial charge >= 0.3 is 0 Å². The number of benzene rings is 2. The van der Waals surface area contributed by atoms with Crippen LogP contribution in [0.1, 0.15) is 28.8 Å². The molecule has 1 fully saturated rings. The Labute approximate surface area is 155 Å². The molecule has 2 aromatic carbocycles. The highest BCUT2D eigenvalue weighted by Gasteiger charge is 2.27. The lowest BCUT2D eigenvalue weighted by Gasteiger charge is -2.23. The van der Waals surface area contributed by atoms with Gasteiger partial charge in [-0.15, -0.1) is 0 Å². The standard InChI is InChI=1S/C20H19FN2O2S/c1-13-5-2-9-17-18(13)22-20(26-17)23(12-16-8-4-10-25-16)19(24)14-6-3-7-15(21)11-14/h2-3,5-7,9,11,16H,4,8,10,12H2,1H3. The van der Waals surface area contributed by atoms with Crippen molar-refractivity contribution in [1.82, 2.24) is 4.98 Å². The van der Waals surface area contributed by atoms with E-state index in [9.17, 15) is 9.18 Å². The summed E-state index contributed by atoms with van der Waals surface area (Å²) in [6.07, 6.45) is 1.89. The largest absolute Gasteiger partial charge is 0.376 e. The van der Waals surface area contributed by atoms with Crippen LogP contribution in [0.25, 0.3) is 10.2 Å². The van der Waals surface area contributed by atoms with E-state index in [-0.39, 0.29) is 12.0 Å². The molecule has 0 bridgehead atoms. The molecular weight excluding hydrogens is 351 g/mol. The SMILES string of the molecule is Cc1cccc2sc(N(CC3CCCO3)C(=O)c3cccc(F)c3)nc12. The topological polar surface area (TPSA) is 42.4 Å². The second kappa shape index (κ2) is 7.13. The first kappa shape index (κ1) is 17.1. The molecule has 1 aromatic heterocycles. The van der Waals surface area contributed by atoms with Gasteiger partial charge in [0.15, 0.2) is 5.13 Å². The minimum absolute atomic E-state index is 0.0133. The lowest BCUT2D eigenvalue weighted by Crippen LogP contribution is -2.37. The van der Waals surface area contributed by atoms with Crippen LogP contribution in [0.2, 0.25) is 0 Å². The third-order valence-corrected chi connectivity index (χ3v) is 5.61. The van der Waals surface area contributed by atoms with E-state index in [1.54, 1.807) is 17.0 Å². The summed E-state index contributed by atoms with van der Waals surface area (Å²) in [5, 5.41) is 0.624. The molecule has 1 aliphatic heterocycles. The van der Waals surface area contributed by atoms with Gasteiger partial charge in [-0.3, -0.25) is 9.69 Å². The normalized spacial score (nSPS) is 16.9. The summed E-state index contributed by atoms with van der Waals surface area (Å²) in [4.78, 5) is 19.4. The number of carbonyl (C=O) groups excluding carboxylic acids is 1. The van der Waals surface area contributed by atoms with Gasteiger partial charge in [0, 0.05) is 12.2 Å². The molecule has 2 heterocycles. The highest BCUT2D eigenvalue weighted by molar-refractivity contribution is 7.22. The average Bonchev–Trinajstić information content (AvgIpc) is 3.29. The van der Waals surface area contributed by atoms with Gasteiger partial charge in [-0.25, -0.2) is 9.37 Å². The average molecular weight is 370 g/mol. The molecule has 0 N–H and O–H groups in total. The first-order valence-corrected chi connectivity index (χ1v) is 9.48. The zero-order valence-corrected chi connectivity index (χ0v) is 15.3. The van der Waals surface area contributed by atoms with Crippen LogP contribution < -0.4 is 4.90 Å². The van der Waals surface area contributed by atoms with Gasteiger partial charge in [0.1, 0.15) is 5.82 Å². The fraction of sp³-hybridized carbons (Fsp3) is 0.300. The van der Waals surface area contributed by atoms with Gasteiger partial charge in [-0.05, 0) is 49.6 Å². The van der Waals surface area contributed by atoms with Gasteiger partial charge in [-0.2, -0.15) is 0 Å². The molecule has 4 rings (SSSR count). The molecule has 134 valence electrons. The van der Waals surface area contributed by atoms with Crippen molar-refractivity contribution < 1.29 is 13.9 Å². The molecular formula is C20H19FN2O2S. The van der Waals surface area contributed by atoms with Gasteiger partial charge in [-0.1, -0.05) is 29.5 Å². The van der Waals surface area contributed by atoms with E-state index in [0.717, 1.165) is 28.6 Å². The minimum Gasteiger partial charge on any atom is -0.376 e. The van der Waals surface area contributed by atoms with Crippen LogP contribution in [0.15, 0.2) is 42.5 Å². The van der Waals surface area contributed by atoms with Crippen molar-refractivity contribution in [2.45, 2.75) is 25.9 Å². The lowest BCUT2D eigenvalue weighted by atomic mass is 10.1. The molecule has 1 atom stereocenters. The van der Waals surface area contributed by atoms with E-state index in [1.807, 2.05) is 25.1 Å². The quantitative estimate of drug-likeness (QED) is 0.676. The number of carbonyl (C=O) groups is 1. The molecule has 0 spiro atoms. The number of halogens is 1. The number of para-hydroxylation sites is 1. The number of hydrogen-bond donors (Lipinski definition) is 0. The second-order valence-electron chi connectivity index (χ2n) is 6.48. The Balaban J connectivity index is 1.73. The maximum atomic E-state index is 13.6. The van der Waals surface area contributed by atoms with Crippen molar-refractivity contribution in [3.8, 4) is 0 Å². The van der Waals surface area contributed by atoms with Crippen LogP contribution in [-0.4, -0.2) is 30.1 Å². The molecule has 4 nitrogen and oxygen atoms in total. The van der Waals surface area contributed by atoms with Crippen molar-refractivity contribution >= 4 is 32.6 Å². The third-order valence-electron chi connectivity index (χ3n) is 4.57. The fourth-order valence-corrected chi connectivity index (χ4v) is 4.26. The summed E-state index contributed by atoms with van der Waals surface area (Å²) in [5.41, 5.74) is 2.29. The Kier molecular flexibility index (Phi) is 4.70. The van der Waals surface area contributed by atoms with Crippen molar-refractivity contribution in [1.29, 1.82) is 0 Å². The molecule has 3 aromatic rings. The van der Waals surface area contributed by atoms with Gasteiger partial charge in [0.2, 0.25) is 0 Å². The fourth-order valence-electron chi connectivity index (χ4n) is 3.21. The Morgan fingerprint density at radius 1 is 1.35 bits per heavy atom. The number of rotatable bonds is 4. The number of hydrogen-bond acceptors (Lipinski definition) is 4. The number of fused-ring (bicyclic) bond motifs is 1. The van der Waals surface area contributed by atoms with Crippen LogP contribution in [0.3, 0.4) is 0 Å². The van der Waals surface area contributed by atoms with Crippen LogP contribution in [-0.2, 0) is 4.74 Å². The number of aromatic nitrogens is 1. The molecule has 0 aliphatic carbocycles. The minimum atomic E-state index is -0.423. The number of aryl methyl sites for hydroxylation is 1. The maximum absolute atomic E-state index is 13.6. The molecule has 0 saturated carbocycles. The first-order chi connectivity index (χ1) is 12.6. The van der Waals surface area contributed by atoms with Crippen LogP contribution >= 0.6 is 11.3 Å². The van der Waals surface area contributed by atoms with Crippen molar-refractivity contribution in [2.24, 2.45) is 0 Å². The smallest absolute Gasteiger partial charge is 0.260 e. The summed E-state index contributed by atoms with van der Waals surface area (Å²) in [7, 11) is 0. The molecule has 1 unspecified atom stereocenters. The van der Waals surface area contributed by atoms with Gasteiger partial charge in [0.25, 0.3) is 5.91 Å². The zero-order valence-electron chi connectivity index (χ0n) is 14.4. The van der Waals surface area contributed by atoms with E-state index < -0.39 is 5.82 Å². The van der Waals surface area contributed by atoms with E-state index in [1.165, 1.54) is 23.5 Å². The van der Waals surface area contributed by atoms with E-state index in [4.69, 9.17) is 9.72 Å². The van der Waals surface area contributed by atoms with Crippen LogP contribution in [0.5, 0.6) is 0 Å². The number of thiazole rings is 1. The number of amides is 1.